The van der Waals surface area contributed by atoms with Crippen LogP contribution in [0.3, 0.4) is 0 Å². The summed E-state index contributed by atoms with van der Waals surface area (Å²) in [7, 11) is 0. The molecule has 4 aromatic rings. The van der Waals surface area contributed by atoms with E-state index in [-0.39, 0.29) is 28.9 Å². The van der Waals surface area contributed by atoms with Gasteiger partial charge >= 0.3 is 5.97 Å². The van der Waals surface area contributed by atoms with Crippen molar-refractivity contribution in [2.45, 2.75) is 6.54 Å². The predicted molar refractivity (Wildman–Crippen MR) is 96.8 cm³/mol. The number of carboxylic acids is 1. The Kier molecular flexibility index (Phi) is 4.17. The molecule has 0 radical (unpaired) electrons. The lowest BCUT2D eigenvalue weighted by Crippen LogP contribution is -2.26. The van der Waals surface area contributed by atoms with Crippen molar-refractivity contribution >= 4 is 28.3 Å². The van der Waals surface area contributed by atoms with Crippen LogP contribution in [0.5, 0.6) is 0 Å². The summed E-state index contributed by atoms with van der Waals surface area (Å²) in [4.78, 5) is 28.4. The lowest BCUT2D eigenvalue weighted by atomic mass is 10.1. The molecule has 0 unspecified atom stereocenters. The Morgan fingerprint density at radius 3 is 2.67 bits per heavy atom. The molecule has 0 atom stereocenters. The number of nitrogens with zero attached hydrogens (tertiary/aromatic N) is 4. The molecule has 2 aromatic carbocycles. The molecule has 0 amide bonds. The van der Waals surface area contributed by atoms with Gasteiger partial charge in [-0.3, -0.25) is 4.79 Å². The van der Waals surface area contributed by atoms with Crippen LogP contribution in [0.25, 0.3) is 22.2 Å². The highest BCUT2D eigenvalue weighted by Crippen LogP contribution is 2.20. The van der Waals surface area contributed by atoms with Crippen LogP contribution >= 0.6 is 11.6 Å². The molecule has 1 N–H and O–H groups in total. The highest BCUT2D eigenvalue weighted by Gasteiger charge is 2.17. The van der Waals surface area contributed by atoms with E-state index >= 15 is 0 Å². The zero-order chi connectivity index (χ0) is 19.0. The van der Waals surface area contributed by atoms with Gasteiger partial charge in [-0.25, -0.2) is 9.48 Å². The maximum Gasteiger partial charge on any atom is 0.357 e. The second-order valence-electron chi connectivity index (χ2n) is 5.68. The molecule has 0 spiro atoms. The molecule has 0 saturated carbocycles. The van der Waals surface area contributed by atoms with Crippen molar-refractivity contribution in [3.8, 4) is 11.4 Å². The van der Waals surface area contributed by atoms with Gasteiger partial charge in [0.2, 0.25) is 11.7 Å². The van der Waals surface area contributed by atoms with Gasteiger partial charge in [-0.1, -0.05) is 47.1 Å². The molecule has 4 rings (SSSR count). The third kappa shape index (κ3) is 3.18. The van der Waals surface area contributed by atoms with Crippen molar-refractivity contribution in [3.63, 3.8) is 0 Å². The van der Waals surface area contributed by atoms with Gasteiger partial charge in [-0.05, 0) is 18.2 Å². The van der Waals surface area contributed by atoms with Crippen LogP contribution in [0.2, 0.25) is 5.02 Å². The van der Waals surface area contributed by atoms with E-state index in [0.717, 1.165) is 4.68 Å². The number of aromatic nitrogens is 4. The Bertz CT molecular complexity index is 1230. The van der Waals surface area contributed by atoms with Gasteiger partial charge in [0.25, 0.3) is 5.56 Å². The molecule has 0 bridgehead atoms. The van der Waals surface area contributed by atoms with E-state index in [0.29, 0.717) is 16.4 Å². The number of hydrogen-bond acceptors (Lipinski definition) is 6. The van der Waals surface area contributed by atoms with E-state index in [2.05, 4.69) is 15.2 Å². The minimum Gasteiger partial charge on any atom is -0.476 e. The van der Waals surface area contributed by atoms with Gasteiger partial charge < -0.3 is 9.63 Å². The SMILES string of the molecule is O=C(O)c1nn(Cc2nc(-c3cccc(Cl)c3)no2)c(=O)c2ccccc12. The largest absolute Gasteiger partial charge is 0.476 e. The predicted octanol–water partition coefficient (Wildman–Crippen LogP) is 2.85. The van der Waals surface area contributed by atoms with Crippen LogP contribution < -0.4 is 5.56 Å². The number of carbonyl (C=O) groups is 1. The third-order valence-corrected chi connectivity index (χ3v) is 4.14. The quantitative estimate of drug-likeness (QED) is 0.577. The molecule has 0 aliphatic rings. The fourth-order valence-corrected chi connectivity index (χ4v) is 2.88. The van der Waals surface area contributed by atoms with Gasteiger partial charge in [0.1, 0.15) is 6.54 Å². The number of rotatable bonds is 4. The molecule has 2 aromatic heterocycles. The molecule has 8 nitrogen and oxygen atoms in total. The van der Waals surface area contributed by atoms with Crippen molar-refractivity contribution in [1.82, 2.24) is 19.9 Å². The molecule has 9 heteroatoms. The monoisotopic (exact) mass is 382 g/mol. The Morgan fingerprint density at radius 2 is 1.93 bits per heavy atom. The molecule has 134 valence electrons. The van der Waals surface area contributed by atoms with E-state index in [9.17, 15) is 14.7 Å². The molecule has 0 aliphatic heterocycles. The molecule has 27 heavy (non-hydrogen) atoms. The smallest absolute Gasteiger partial charge is 0.357 e. The van der Waals surface area contributed by atoms with Crippen molar-refractivity contribution < 1.29 is 14.4 Å². The van der Waals surface area contributed by atoms with E-state index in [4.69, 9.17) is 16.1 Å². The number of hydrogen-bond donors (Lipinski definition) is 1. The van der Waals surface area contributed by atoms with Crippen molar-refractivity contribution in [2.24, 2.45) is 0 Å². The normalized spacial score (nSPS) is 11.0. The number of carboxylic acid groups (broad SMARTS) is 1. The van der Waals surface area contributed by atoms with Crippen LogP contribution in [0.15, 0.2) is 57.8 Å². The first-order valence-corrected chi connectivity index (χ1v) is 8.22. The van der Waals surface area contributed by atoms with Crippen LogP contribution in [-0.4, -0.2) is 31.0 Å². The van der Waals surface area contributed by atoms with E-state index in [1.165, 1.54) is 0 Å². The van der Waals surface area contributed by atoms with Gasteiger partial charge in [-0.15, -0.1) is 0 Å². The Hall–Kier alpha value is -3.52. The molecule has 0 saturated heterocycles. The van der Waals surface area contributed by atoms with E-state index < -0.39 is 11.5 Å². The second kappa shape index (κ2) is 6.65. The topological polar surface area (TPSA) is 111 Å². The maximum atomic E-state index is 12.6. The van der Waals surface area contributed by atoms with Crippen molar-refractivity contribution in [1.29, 1.82) is 0 Å². The van der Waals surface area contributed by atoms with Gasteiger partial charge in [0.05, 0.1) is 5.39 Å². The van der Waals surface area contributed by atoms with Crippen LogP contribution in [0, 0.1) is 0 Å². The highest BCUT2D eigenvalue weighted by molar-refractivity contribution is 6.30. The van der Waals surface area contributed by atoms with Crippen molar-refractivity contribution in [2.75, 3.05) is 0 Å². The minimum absolute atomic E-state index is 0.117. The summed E-state index contributed by atoms with van der Waals surface area (Å²) in [5.41, 5.74) is -0.0135. The highest BCUT2D eigenvalue weighted by atomic mass is 35.5. The first kappa shape index (κ1) is 16.9. The Balaban J connectivity index is 1.75. The second-order valence-corrected chi connectivity index (χ2v) is 6.12. The van der Waals surface area contributed by atoms with E-state index in [1.54, 1.807) is 48.5 Å². The first-order chi connectivity index (χ1) is 13.0. The molecule has 0 aliphatic carbocycles. The van der Waals surface area contributed by atoms with Crippen LogP contribution in [-0.2, 0) is 6.54 Å². The average molecular weight is 383 g/mol. The number of halogens is 1. The summed E-state index contributed by atoms with van der Waals surface area (Å²) in [6.45, 7) is -0.155. The van der Waals surface area contributed by atoms with Crippen LogP contribution in [0.4, 0.5) is 0 Å². The summed E-state index contributed by atoms with van der Waals surface area (Å²) in [6.07, 6.45) is 0. The summed E-state index contributed by atoms with van der Waals surface area (Å²) in [5.74, 6) is -0.809. The standard InChI is InChI=1S/C18H11ClN4O4/c19-11-5-3-4-10(8-11)16-20-14(27-22-16)9-23-17(24)13-7-2-1-6-12(13)15(21-23)18(25)26/h1-8H,9H2,(H,25,26). The summed E-state index contributed by atoms with van der Waals surface area (Å²) in [6, 6.07) is 13.3. The molecular formula is C18H11ClN4O4. The van der Waals surface area contributed by atoms with Gasteiger partial charge in [-0.2, -0.15) is 10.1 Å². The number of aromatic carboxylic acids is 1. The fourth-order valence-electron chi connectivity index (χ4n) is 2.69. The molecule has 0 fully saturated rings. The number of fused-ring (bicyclic) bond motifs is 1. The first-order valence-electron chi connectivity index (χ1n) is 7.84. The zero-order valence-electron chi connectivity index (χ0n) is 13.7. The maximum absolute atomic E-state index is 12.6. The lowest BCUT2D eigenvalue weighted by molar-refractivity contribution is 0.0690. The lowest BCUT2D eigenvalue weighted by Gasteiger charge is -2.06. The van der Waals surface area contributed by atoms with Gasteiger partial charge in [0.15, 0.2) is 5.69 Å². The summed E-state index contributed by atoms with van der Waals surface area (Å²) in [5, 5.41) is 18.3. The third-order valence-electron chi connectivity index (χ3n) is 3.91. The number of benzene rings is 2. The molecule has 2 heterocycles. The van der Waals surface area contributed by atoms with Crippen molar-refractivity contribution in [3.05, 3.63) is 75.5 Å². The van der Waals surface area contributed by atoms with E-state index in [1.807, 2.05) is 0 Å². The Morgan fingerprint density at radius 1 is 1.15 bits per heavy atom. The zero-order valence-corrected chi connectivity index (χ0v) is 14.4. The average Bonchev–Trinajstić information content (AvgIpc) is 3.12. The minimum atomic E-state index is -1.23. The van der Waals surface area contributed by atoms with Gasteiger partial charge in [0, 0.05) is 16.0 Å². The fraction of sp³-hybridized carbons (Fsp3) is 0.0556. The molecular weight excluding hydrogens is 372 g/mol. The summed E-state index contributed by atoms with van der Waals surface area (Å²) < 4.78 is 6.18. The Labute approximate surface area is 156 Å². The van der Waals surface area contributed by atoms with Crippen LogP contribution in [0.1, 0.15) is 16.4 Å². The summed E-state index contributed by atoms with van der Waals surface area (Å²) >= 11 is 5.96.